The van der Waals surface area contributed by atoms with Crippen LogP contribution in [-0.2, 0) is 18.2 Å². The van der Waals surface area contributed by atoms with Gasteiger partial charge in [-0.3, -0.25) is 4.68 Å². The lowest BCUT2D eigenvalue weighted by atomic mass is 9.90. The van der Waals surface area contributed by atoms with Gasteiger partial charge in [-0.25, -0.2) is 0 Å². The average Bonchev–Trinajstić information content (AvgIpc) is 2.46. The van der Waals surface area contributed by atoms with Crippen molar-refractivity contribution in [3.05, 3.63) is 16.4 Å². The van der Waals surface area contributed by atoms with E-state index >= 15 is 0 Å². The second kappa shape index (κ2) is 5.17. The number of methoxy groups -OCH3 is 1. The molecule has 1 heterocycles. The summed E-state index contributed by atoms with van der Waals surface area (Å²) in [5.41, 5.74) is 7.85. The number of nitrogens with zero attached hydrogens (tertiary/aromatic N) is 2. The van der Waals surface area contributed by atoms with E-state index in [4.69, 9.17) is 22.1 Å². The molecule has 1 unspecified atom stereocenters. The third-order valence-corrected chi connectivity index (χ3v) is 3.41. The van der Waals surface area contributed by atoms with E-state index in [0.717, 1.165) is 17.7 Å². The van der Waals surface area contributed by atoms with Gasteiger partial charge < -0.3 is 10.5 Å². The van der Waals surface area contributed by atoms with Gasteiger partial charge in [0, 0.05) is 25.3 Å². The molecule has 16 heavy (non-hydrogen) atoms. The van der Waals surface area contributed by atoms with E-state index in [1.54, 1.807) is 11.8 Å². The zero-order valence-corrected chi connectivity index (χ0v) is 11.1. The van der Waals surface area contributed by atoms with Crippen LogP contribution in [0.2, 0.25) is 5.15 Å². The summed E-state index contributed by atoms with van der Waals surface area (Å²) in [5.74, 6) is 0. The molecular weight excluding hydrogens is 226 g/mol. The van der Waals surface area contributed by atoms with Crippen molar-refractivity contribution in [1.29, 1.82) is 0 Å². The Morgan fingerprint density at radius 1 is 1.56 bits per heavy atom. The number of aryl methyl sites for hydroxylation is 2. The van der Waals surface area contributed by atoms with Crippen molar-refractivity contribution in [3.63, 3.8) is 0 Å². The molecule has 0 saturated carbocycles. The fourth-order valence-electron chi connectivity index (χ4n) is 1.79. The van der Waals surface area contributed by atoms with Gasteiger partial charge in [-0.15, -0.1) is 0 Å². The minimum atomic E-state index is -0.369. The smallest absolute Gasteiger partial charge is 0.130 e. The molecule has 1 aromatic rings. The van der Waals surface area contributed by atoms with Crippen molar-refractivity contribution < 1.29 is 4.74 Å². The molecule has 0 spiro atoms. The molecule has 0 amide bonds. The van der Waals surface area contributed by atoms with Crippen LogP contribution in [0, 0.1) is 6.92 Å². The van der Waals surface area contributed by atoms with Crippen molar-refractivity contribution in [2.45, 2.75) is 32.2 Å². The second-order valence-corrected chi connectivity index (χ2v) is 4.66. The molecule has 0 saturated heterocycles. The number of halogens is 1. The van der Waals surface area contributed by atoms with Crippen LogP contribution >= 0.6 is 11.6 Å². The van der Waals surface area contributed by atoms with Crippen molar-refractivity contribution in [3.8, 4) is 0 Å². The Kier molecular flexibility index (Phi) is 4.35. The first-order valence-electron chi connectivity index (χ1n) is 5.39. The summed E-state index contributed by atoms with van der Waals surface area (Å²) < 4.78 is 6.84. The lowest BCUT2D eigenvalue weighted by Gasteiger charge is -2.27. The van der Waals surface area contributed by atoms with Gasteiger partial charge in [-0.1, -0.05) is 18.5 Å². The molecule has 1 aromatic heterocycles. The van der Waals surface area contributed by atoms with Gasteiger partial charge in [-0.05, 0) is 19.8 Å². The first-order valence-corrected chi connectivity index (χ1v) is 5.77. The van der Waals surface area contributed by atoms with Gasteiger partial charge in [-0.2, -0.15) is 5.10 Å². The molecule has 0 aliphatic rings. The van der Waals surface area contributed by atoms with Crippen molar-refractivity contribution >= 4 is 11.6 Å². The molecular formula is C11H20ClN3O. The van der Waals surface area contributed by atoms with E-state index in [9.17, 15) is 0 Å². The van der Waals surface area contributed by atoms with Crippen LogP contribution < -0.4 is 5.73 Å². The van der Waals surface area contributed by atoms with Crippen LogP contribution in [0.4, 0.5) is 0 Å². The summed E-state index contributed by atoms with van der Waals surface area (Å²) in [4.78, 5) is 0. The van der Waals surface area contributed by atoms with Crippen LogP contribution in [0.1, 0.15) is 24.6 Å². The summed E-state index contributed by atoms with van der Waals surface area (Å²) in [6, 6.07) is 0. The van der Waals surface area contributed by atoms with E-state index in [1.165, 1.54) is 0 Å². The average molecular weight is 246 g/mol. The Bertz CT molecular complexity index is 364. The Hall–Kier alpha value is -0.580. The topological polar surface area (TPSA) is 53.1 Å². The monoisotopic (exact) mass is 245 g/mol. The molecule has 0 bridgehead atoms. The Labute approximate surface area is 102 Å². The molecule has 4 nitrogen and oxygen atoms in total. The maximum atomic E-state index is 6.27. The predicted octanol–water partition coefficient (Wildman–Crippen LogP) is 1.68. The largest absolute Gasteiger partial charge is 0.383 e. The summed E-state index contributed by atoms with van der Waals surface area (Å²) >= 11 is 6.18. The quantitative estimate of drug-likeness (QED) is 0.859. The van der Waals surface area contributed by atoms with Gasteiger partial charge in [0.05, 0.1) is 12.3 Å². The molecule has 0 aliphatic carbocycles. The molecule has 5 heteroatoms. The highest BCUT2D eigenvalue weighted by Crippen LogP contribution is 2.24. The number of hydrogen-bond acceptors (Lipinski definition) is 3. The highest BCUT2D eigenvalue weighted by atomic mass is 35.5. The second-order valence-electron chi connectivity index (χ2n) is 4.30. The first-order chi connectivity index (χ1) is 7.43. The maximum Gasteiger partial charge on any atom is 0.130 e. The third kappa shape index (κ3) is 2.75. The molecule has 1 atom stereocenters. The molecule has 92 valence electrons. The highest BCUT2D eigenvalue weighted by Gasteiger charge is 2.26. The van der Waals surface area contributed by atoms with Gasteiger partial charge in [0.1, 0.15) is 5.15 Å². The number of hydrogen-bond donors (Lipinski definition) is 1. The van der Waals surface area contributed by atoms with Crippen LogP contribution in [0.5, 0.6) is 0 Å². The minimum absolute atomic E-state index is 0.369. The Morgan fingerprint density at radius 3 is 2.56 bits per heavy atom. The van der Waals surface area contributed by atoms with E-state index in [1.807, 2.05) is 14.0 Å². The van der Waals surface area contributed by atoms with Crippen LogP contribution in [-0.4, -0.2) is 29.0 Å². The molecule has 2 N–H and O–H groups in total. The molecule has 0 fully saturated rings. The van der Waals surface area contributed by atoms with Gasteiger partial charge in [0.15, 0.2) is 0 Å². The van der Waals surface area contributed by atoms with Crippen LogP contribution in [0.25, 0.3) is 0 Å². The van der Waals surface area contributed by atoms with Crippen molar-refractivity contribution in [1.82, 2.24) is 9.78 Å². The van der Waals surface area contributed by atoms with E-state index in [2.05, 4.69) is 12.0 Å². The standard InChI is InChI=1S/C11H20ClN3O/c1-5-11(13,7-16-4)6-9-8(2)14-15(3)10(9)12/h5-7,13H2,1-4H3. The van der Waals surface area contributed by atoms with E-state index < -0.39 is 0 Å². The Morgan fingerprint density at radius 2 is 2.19 bits per heavy atom. The van der Waals surface area contributed by atoms with E-state index in [-0.39, 0.29) is 5.54 Å². The predicted molar refractivity (Wildman–Crippen MR) is 65.7 cm³/mol. The minimum Gasteiger partial charge on any atom is -0.383 e. The lowest BCUT2D eigenvalue weighted by Crippen LogP contribution is -2.46. The first kappa shape index (κ1) is 13.5. The van der Waals surface area contributed by atoms with Crippen LogP contribution in [0.3, 0.4) is 0 Å². The number of aromatic nitrogens is 2. The fourth-order valence-corrected chi connectivity index (χ4v) is 2.03. The number of ether oxygens (including phenoxy) is 1. The highest BCUT2D eigenvalue weighted by molar-refractivity contribution is 6.30. The van der Waals surface area contributed by atoms with Gasteiger partial charge in [0.2, 0.25) is 0 Å². The molecule has 0 aromatic carbocycles. The normalized spacial score (nSPS) is 15.1. The molecule has 0 radical (unpaired) electrons. The Balaban J connectivity index is 2.93. The zero-order valence-electron chi connectivity index (χ0n) is 10.4. The lowest BCUT2D eigenvalue weighted by molar-refractivity contribution is 0.129. The van der Waals surface area contributed by atoms with E-state index in [0.29, 0.717) is 18.2 Å². The number of rotatable bonds is 5. The van der Waals surface area contributed by atoms with Crippen LogP contribution in [0.15, 0.2) is 0 Å². The zero-order chi connectivity index (χ0) is 12.3. The SMILES string of the molecule is CCC(N)(COC)Cc1c(C)nn(C)c1Cl. The van der Waals surface area contributed by atoms with Crippen molar-refractivity contribution in [2.24, 2.45) is 12.8 Å². The molecule has 0 aliphatic heterocycles. The van der Waals surface area contributed by atoms with Crippen molar-refractivity contribution in [2.75, 3.05) is 13.7 Å². The van der Waals surface area contributed by atoms with Gasteiger partial charge in [0.25, 0.3) is 0 Å². The maximum absolute atomic E-state index is 6.27. The fraction of sp³-hybridized carbons (Fsp3) is 0.727. The summed E-state index contributed by atoms with van der Waals surface area (Å²) in [5, 5.41) is 4.94. The van der Waals surface area contributed by atoms with Gasteiger partial charge >= 0.3 is 0 Å². The summed E-state index contributed by atoms with van der Waals surface area (Å²) in [7, 11) is 3.49. The third-order valence-electron chi connectivity index (χ3n) is 2.93. The number of nitrogens with two attached hydrogens (primary N) is 1. The molecule has 1 rings (SSSR count). The summed E-state index contributed by atoms with van der Waals surface area (Å²) in [6.07, 6.45) is 1.53. The summed E-state index contributed by atoms with van der Waals surface area (Å²) in [6.45, 7) is 4.52.